The Morgan fingerprint density at radius 3 is 2.37 bits per heavy atom. The highest BCUT2D eigenvalue weighted by Crippen LogP contribution is 2.17. The molecule has 1 aliphatic rings. The Morgan fingerprint density at radius 2 is 1.70 bits per heavy atom. The van der Waals surface area contributed by atoms with Crippen molar-refractivity contribution in [3.05, 3.63) is 78.0 Å². The Morgan fingerprint density at radius 1 is 0.933 bits per heavy atom. The maximum atomic E-state index is 12.4. The Balaban J connectivity index is 1.30. The summed E-state index contributed by atoms with van der Waals surface area (Å²) in [7, 11) is 0. The molecule has 1 aromatic carbocycles. The normalized spacial score (nSPS) is 14.2. The molecular weight excluding hydrogens is 376 g/mol. The molecular formula is C23H24N6O. The van der Waals surface area contributed by atoms with Gasteiger partial charge in [0.25, 0.3) is 0 Å². The van der Waals surface area contributed by atoms with Gasteiger partial charge in [-0.25, -0.2) is 4.98 Å². The topological polar surface area (TPSA) is 74.2 Å². The van der Waals surface area contributed by atoms with Crippen LogP contribution in [0.3, 0.4) is 0 Å². The zero-order valence-corrected chi connectivity index (χ0v) is 16.9. The van der Waals surface area contributed by atoms with Crippen LogP contribution in [0, 0.1) is 6.92 Å². The smallest absolute Gasteiger partial charge is 0.246 e. The van der Waals surface area contributed by atoms with Crippen molar-refractivity contribution in [3.63, 3.8) is 0 Å². The van der Waals surface area contributed by atoms with Crippen LogP contribution < -0.4 is 10.2 Å². The standard InChI is InChI=1S/C23H24N6O/c1-18-7-9-20(24-17-18)25-21-10-11-22(27-26-21)28-13-15-29(16-14-28)23(30)12-8-19-5-3-2-4-6-19/h2-12,17H,13-16H2,1H3,(H,24,25,26)/b12-8+. The number of nitrogens with one attached hydrogen (secondary N) is 1. The van der Waals surface area contributed by atoms with E-state index in [4.69, 9.17) is 0 Å². The summed E-state index contributed by atoms with van der Waals surface area (Å²) in [5, 5.41) is 11.7. The number of benzene rings is 1. The summed E-state index contributed by atoms with van der Waals surface area (Å²) in [4.78, 5) is 20.8. The summed E-state index contributed by atoms with van der Waals surface area (Å²) in [6.07, 6.45) is 5.30. The first-order chi connectivity index (χ1) is 14.7. The minimum Gasteiger partial charge on any atom is -0.352 e. The molecule has 1 N–H and O–H groups in total. The average molecular weight is 400 g/mol. The van der Waals surface area contributed by atoms with Gasteiger partial charge < -0.3 is 15.1 Å². The lowest BCUT2D eigenvalue weighted by Gasteiger charge is -2.34. The third-order valence-electron chi connectivity index (χ3n) is 4.95. The van der Waals surface area contributed by atoms with Crippen molar-refractivity contribution in [2.24, 2.45) is 0 Å². The van der Waals surface area contributed by atoms with E-state index in [0.29, 0.717) is 18.9 Å². The molecule has 1 saturated heterocycles. The number of pyridine rings is 1. The van der Waals surface area contributed by atoms with Gasteiger partial charge in [0.05, 0.1) is 0 Å². The first-order valence-electron chi connectivity index (χ1n) is 9.98. The number of hydrogen-bond donors (Lipinski definition) is 1. The van der Waals surface area contributed by atoms with E-state index in [-0.39, 0.29) is 5.91 Å². The number of aryl methyl sites for hydroxylation is 1. The fraction of sp³-hybridized carbons (Fsp3) is 0.217. The van der Waals surface area contributed by atoms with Crippen molar-refractivity contribution in [1.82, 2.24) is 20.1 Å². The zero-order chi connectivity index (χ0) is 20.8. The van der Waals surface area contributed by atoms with E-state index in [1.54, 1.807) is 12.3 Å². The lowest BCUT2D eigenvalue weighted by atomic mass is 10.2. The average Bonchev–Trinajstić information content (AvgIpc) is 2.80. The summed E-state index contributed by atoms with van der Waals surface area (Å²) in [6.45, 7) is 4.77. The van der Waals surface area contributed by atoms with E-state index < -0.39 is 0 Å². The number of anilines is 3. The molecule has 0 saturated carbocycles. The van der Waals surface area contributed by atoms with Crippen LogP contribution in [0.4, 0.5) is 17.5 Å². The van der Waals surface area contributed by atoms with Crippen LogP contribution >= 0.6 is 0 Å². The van der Waals surface area contributed by atoms with Gasteiger partial charge in [-0.15, -0.1) is 10.2 Å². The molecule has 3 heterocycles. The highest BCUT2D eigenvalue weighted by Gasteiger charge is 2.20. The SMILES string of the molecule is Cc1ccc(Nc2ccc(N3CCN(C(=O)/C=C/c4ccccc4)CC3)nn2)nc1. The van der Waals surface area contributed by atoms with Crippen molar-refractivity contribution in [3.8, 4) is 0 Å². The lowest BCUT2D eigenvalue weighted by molar-refractivity contribution is -0.126. The van der Waals surface area contributed by atoms with Crippen molar-refractivity contribution < 1.29 is 4.79 Å². The summed E-state index contributed by atoms with van der Waals surface area (Å²) >= 11 is 0. The second kappa shape index (κ2) is 9.17. The lowest BCUT2D eigenvalue weighted by Crippen LogP contribution is -2.48. The number of aromatic nitrogens is 3. The molecule has 4 rings (SSSR count). The molecule has 3 aromatic rings. The third-order valence-corrected chi connectivity index (χ3v) is 4.95. The molecule has 7 nitrogen and oxygen atoms in total. The minimum absolute atomic E-state index is 0.0368. The number of hydrogen-bond acceptors (Lipinski definition) is 6. The number of piperazine rings is 1. The summed E-state index contributed by atoms with van der Waals surface area (Å²) < 4.78 is 0. The van der Waals surface area contributed by atoms with Crippen molar-refractivity contribution in [2.75, 3.05) is 36.4 Å². The third kappa shape index (κ3) is 5.00. The molecule has 30 heavy (non-hydrogen) atoms. The Bertz CT molecular complexity index is 994. The highest BCUT2D eigenvalue weighted by atomic mass is 16.2. The van der Waals surface area contributed by atoms with Gasteiger partial charge in [0.2, 0.25) is 5.91 Å². The van der Waals surface area contributed by atoms with Crippen molar-refractivity contribution in [2.45, 2.75) is 6.92 Å². The molecule has 0 unspecified atom stereocenters. The maximum Gasteiger partial charge on any atom is 0.246 e. The summed E-state index contributed by atoms with van der Waals surface area (Å²) in [6, 6.07) is 17.6. The molecule has 1 aliphatic heterocycles. The Labute approximate surface area is 176 Å². The van der Waals surface area contributed by atoms with E-state index in [2.05, 4.69) is 25.4 Å². The van der Waals surface area contributed by atoms with Crippen LogP contribution in [0.2, 0.25) is 0 Å². The van der Waals surface area contributed by atoms with Gasteiger partial charge in [0.15, 0.2) is 11.6 Å². The fourth-order valence-corrected chi connectivity index (χ4v) is 3.23. The fourth-order valence-electron chi connectivity index (χ4n) is 3.23. The second-order valence-electron chi connectivity index (χ2n) is 7.18. The van der Waals surface area contributed by atoms with Gasteiger partial charge >= 0.3 is 0 Å². The predicted octanol–water partition coefficient (Wildman–Crippen LogP) is 3.29. The van der Waals surface area contributed by atoms with E-state index >= 15 is 0 Å². The zero-order valence-electron chi connectivity index (χ0n) is 16.9. The monoisotopic (exact) mass is 400 g/mol. The van der Waals surface area contributed by atoms with Gasteiger partial charge in [-0.1, -0.05) is 36.4 Å². The number of carbonyl (C=O) groups excluding carboxylic acids is 1. The predicted molar refractivity (Wildman–Crippen MR) is 119 cm³/mol. The summed E-state index contributed by atoms with van der Waals surface area (Å²) in [5.41, 5.74) is 2.13. The minimum atomic E-state index is 0.0368. The molecule has 1 amide bonds. The quantitative estimate of drug-likeness (QED) is 0.663. The molecule has 152 valence electrons. The molecule has 7 heteroatoms. The maximum absolute atomic E-state index is 12.4. The van der Waals surface area contributed by atoms with Crippen LogP contribution in [-0.4, -0.2) is 52.2 Å². The molecule has 1 fully saturated rings. The molecule has 0 radical (unpaired) electrons. The van der Waals surface area contributed by atoms with Gasteiger partial charge in [-0.05, 0) is 42.3 Å². The van der Waals surface area contributed by atoms with Gasteiger partial charge in [0, 0.05) is 38.5 Å². The number of rotatable bonds is 5. The van der Waals surface area contributed by atoms with E-state index in [1.165, 1.54) is 0 Å². The van der Waals surface area contributed by atoms with E-state index in [9.17, 15) is 4.79 Å². The second-order valence-corrected chi connectivity index (χ2v) is 7.18. The van der Waals surface area contributed by atoms with E-state index in [0.717, 1.165) is 35.9 Å². The van der Waals surface area contributed by atoms with Gasteiger partial charge in [-0.2, -0.15) is 0 Å². The van der Waals surface area contributed by atoms with Crippen molar-refractivity contribution in [1.29, 1.82) is 0 Å². The Kier molecular flexibility index (Phi) is 5.98. The molecule has 0 aliphatic carbocycles. The van der Waals surface area contributed by atoms with Crippen LogP contribution in [0.1, 0.15) is 11.1 Å². The number of carbonyl (C=O) groups is 1. The first kappa shape index (κ1) is 19.6. The van der Waals surface area contributed by atoms with E-state index in [1.807, 2.05) is 72.5 Å². The van der Waals surface area contributed by atoms with Crippen LogP contribution in [0.5, 0.6) is 0 Å². The summed E-state index contributed by atoms with van der Waals surface area (Å²) in [5.74, 6) is 2.23. The Hall–Kier alpha value is -3.74. The van der Waals surface area contributed by atoms with Gasteiger partial charge in [0.1, 0.15) is 5.82 Å². The van der Waals surface area contributed by atoms with Crippen LogP contribution in [0.25, 0.3) is 6.08 Å². The number of amides is 1. The number of nitrogens with zero attached hydrogens (tertiary/aromatic N) is 5. The molecule has 0 spiro atoms. The highest BCUT2D eigenvalue weighted by molar-refractivity contribution is 5.91. The largest absolute Gasteiger partial charge is 0.352 e. The van der Waals surface area contributed by atoms with Crippen molar-refractivity contribution >= 4 is 29.4 Å². The molecule has 0 bridgehead atoms. The van der Waals surface area contributed by atoms with Gasteiger partial charge in [-0.3, -0.25) is 4.79 Å². The molecule has 0 atom stereocenters. The first-order valence-corrected chi connectivity index (χ1v) is 9.98. The van der Waals surface area contributed by atoms with Crippen LogP contribution in [0.15, 0.2) is 66.9 Å². The molecule has 2 aromatic heterocycles. The van der Waals surface area contributed by atoms with Crippen LogP contribution in [-0.2, 0) is 4.79 Å².